The summed E-state index contributed by atoms with van der Waals surface area (Å²) in [6.07, 6.45) is 5.23. The van der Waals surface area contributed by atoms with Crippen molar-refractivity contribution in [3.8, 4) is 22.5 Å². The van der Waals surface area contributed by atoms with Gasteiger partial charge in [-0.3, -0.25) is 10.3 Å². The van der Waals surface area contributed by atoms with Gasteiger partial charge in [0.15, 0.2) is 11.3 Å². The van der Waals surface area contributed by atoms with Gasteiger partial charge in [-0.2, -0.15) is 0 Å². The molecule has 3 aromatic carbocycles. The minimum atomic E-state index is -0.567. The van der Waals surface area contributed by atoms with Crippen molar-refractivity contribution in [1.82, 2.24) is 4.98 Å². The molecule has 2 heterocycles. The SMILES string of the molecule is C[C@@H](OC(=O)Nc1c(-c2ccc(-c3ccc(C4(C=O)CC4)cc3)cc2)oc2cnccc12)c1ccccc1. The molecule has 0 aliphatic heterocycles. The van der Waals surface area contributed by atoms with Gasteiger partial charge in [0.25, 0.3) is 0 Å². The molecule has 0 saturated heterocycles. The number of amides is 1. The molecule has 0 bridgehead atoms. The maximum absolute atomic E-state index is 12.9. The van der Waals surface area contributed by atoms with Crippen molar-refractivity contribution in [2.45, 2.75) is 31.3 Å². The third-order valence-corrected chi connectivity index (χ3v) is 7.23. The van der Waals surface area contributed by atoms with Crippen LogP contribution in [0.15, 0.2) is 102 Å². The summed E-state index contributed by atoms with van der Waals surface area (Å²) < 4.78 is 11.8. The maximum atomic E-state index is 12.9. The van der Waals surface area contributed by atoms with Crippen LogP contribution in [-0.2, 0) is 14.9 Å². The average molecular weight is 503 g/mol. The quantitative estimate of drug-likeness (QED) is 0.231. The number of carbonyl (C=O) groups excluding carboxylic acids is 2. The second-order valence-electron chi connectivity index (χ2n) is 9.69. The third-order valence-electron chi connectivity index (χ3n) is 7.23. The van der Waals surface area contributed by atoms with Crippen molar-refractivity contribution >= 4 is 29.0 Å². The Balaban J connectivity index is 1.26. The zero-order valence-corrected chi connectivity index (χ0v) is 20.9. The van der Waals surface area contributed by atoms with Crippen LogP contribution in [0.5, 0.6) is 0 Å². The molecule has 38 heavy (non-hydrogen) atoms. The highest BCUT2D eigenvalue weighted by molar-refractivity contribution is 6.04. The van der Waals surface area contributed by atoms with Gasteiger partial charge in [-0.15, -0.1) is 0 Å². The lowest BCUT2D eigenvalue weighted by molar-refractivity contribution is -0.109. The molecule has 0 unspecified atom stereocenters. The van der Waals surface area contributed by atoms with Crippen molar-refractivity contribution in [1.29, 1.82) is 0 Å². The Morgan fingerprint density at radius 1 is 0.947 bits per heavy atom. The summed E-state index contributed by atoms with van der Waals surface area (Å²) >= 11 is 0. The molecular formula is C32H26N2O4. The largest absolute Gasteiger partial charge is 0.452 e. The molecule has 1 aliphatic rings. The lowest BCUT2D eigenvalue weighted by Crippen LogP contribution is -2.16. The summed E-state index contributed by atoms with van der Waals surface area (Å²) in [5.74, 6) is 0.529. The van der Waals surface area contributed by atoms with E-state index in [2.05, 4.69) is 22.4 Å². The number of carbonyl (C=O) groups is 2. The van der Waals surface area contributed by atoms with Crippen LogP contribution < -0.4 is 5.32 Å². The predicted molar refractivity (Wildman–Crippen MR) is 147 cm³/mol. The van der Waals surface area contributed by atoms with Crippen LogP contribution in [0.2, 0.25) is 0 Å². The topological polar surface area (TPSA) is 81.4 Å². The molecule has 1 N–H and O–H groups in total. The van der Waals surface area contributed by atoms with E-state index < -0.39 is 12.2 Å². The molecule has 5 aromatic rings. The molecule has 6 nitrogen and oxygen atoms in total. The Morgan fingerprint density at radius 2 is 1.61 bits per heavy atom. The number of aromatic nitrogens is 1. The molecule has 6 heteroatoms. The number of aldehydes is 1. The Bertz CT molecular complexity index is 1600. The normalized spacial score (nSPS) is 14.6. The first kappa shape index (κ1) is 23.7. The summed E-state index contributed by atoms with van der Waals surface area (Å²) in [6.45, 7) is 1.84. The van der Waals surface area contributed by atoms with Gasteiger partial charge in [-0.1, -0.05) is 78.9 Å². The number of benzene rings is 3. The van der Waals surface area contributed by atoms with Crippen LogP contribution >= 0.6 is 0 Å². The van der Waals surface area contributed by atoms with Gasteiger partial charge in [0, 0.05) is 17.1 Å². The minimum absolute atomic E-state index is 0.276. The summed E-state index contributed by atoms with van der Waals surface area (Å²) in [6, 6.07) is 27.5. The number of hydrogen-bond acceptors (Lipinski definition) is 5. The fourth-order valence-electron chi connectivity index (χ4n) is 4.78. The second kappa shape index (κ2) is 9.63. The first-order valence-corrected chi connectivity index (χ1v) is 12.6. The predicted octanol–water partition coefficient (Wildman–Crippen LogP) is 7.70. The van der Waals surface area contributed by atoms with Gasteiger partial charge in [-0.25, -0.2) is 4.79 Å². The molecule has 1 saturated carbocycles. The van der Waals surface area contributed by atoms with E-state index in [-0.39, 0.29) is 5.41 Å². The zero-order chi connectivity index (χ0) is 26.1. The summed E-state index contributed by atoms with van der Waals surface area (Å²) in [4.78, 5) is 28.5. The molecule has 2 aromatic heterocycles. The highest BCUT2D eigenvalue weighted by atomic mass is 16.6. The fourth-order valence-corrected chi connectivity index (χ4v) is 4.78. The Labute approximate surface area is 220 Å². The number of nitrogens with one attached hydrogen (secondary N) is 1. The van der Waals surface area contributed by atoms with E-state index >= 15 is 0 Å². The van der Waals surface area contributed by atoms with Crippen molar-refractivity contribution in [3.05, 3.63) is 108 Å². The molecule has 1 atom stereocenters. The lowest BCUT2D eigenvalue weighted by atomic mass is 9.94. The van der Waals surface area contributed by atoms with Crippen LogP contribution in [0.3, 0.4) is 0 Å². The van der Waals surface area contributed by atoms with Crippen LogP contribution in [0.1, 0.15) is 37.0 Å². The first-order valence-electron chi connectivity index (χ1n) is 12.6. The van der Waals surface area contributed by atoms with Crippen molar-refractivity contribution in [2.75, 3.05) is 5.32 Å². The number of ether oxygens (including phenoxy) is 1. The standard InChI is InChI=1S/C32H26N2O4/c1-21(22-5-3-2-4-6-22)37-31(36)34-29-27-15-18-33-19-28(27)38-30(29)25-9-7-23(8-10-25)24-11-13-26(14-12-24)32(20-35)16-17-32/h2-15,18-21H,16-17H2,1H3,(H,34,36)/t21-/m1/s1. The van der Waals surface area contributed by atoms with E-state index in [9.17, 15) is 9.59 Å². The number of hydrogen-bond donors (Lipinski definition) is 1. The molecule has 0 radical (unpaired) electrons. The van der Waals surface area contributed by atoms with Crippen molar-refractivity contribution in [2.24, 2.45) is 0 Å². The molecule has 0 spiro atoms. The van der Waals surface area contributed by atoms with Gasteiger partial charge in [0.2, 0.25) is 0 Å². The van der Waals surface area contributed by atoms with Crippen LogP contribution in [0, 0.1) is 0 Å². The number of fused-ring (bicyclic) bond motifs is 1. The van der Waals surface area contributed by atoms with E-state index in [1.54, 1.807) is 18.5 Å². The first-order chi connectivity index (χ1) is 18.6. The van der Waals surface area contributed by atoms with Crippen molar-refractivity contribution < 1.29 is 18.7 Å². The van der Waals surface area contributed by atoms with Crippen LogP contribution in [0.25, 0.3) is 33.4 Å². The highest BCUT2D eigenvalue weighted by Crippen LogP contribution is 2.46. The summed E-state index contributed by atoms with van der Waals surface area (Å²) in [5, 5.41) is 3.64. The average Bonchev–Trinajstić information content (AvgIpc) is 3.69. The highest BCUT2D eigenvalue weighted by Gasteiger charge is 2.44. The van der Waals surface area contributed by atoms with Crippen LogP contribution in [0.4, 0.5) is 10.5 Å². The van der Waals surface area contributed by atoms with Gasteiger partial charge >= 0.3 is 6.09 Å². The van der Waals surface area contributed by atoms with E-state index in [1.165, 1.54) is 0 Å². The van der Waals surface area contributed by atoms with E-state index in [1.807, 2.05) is 73.7 Å². The van der Waals surface area contributed by atoms with Gasteiger partial charge in [0.05, 0.1) is 17.3 Å². The number of nitrogens with zero attached hydrogens (tertiary/aromatic N) is 1. The molecular weight excluding hydrogens is 476 g/mol. The number of furan rings is 1. The van der Waals surface area contributed by atoms with Gasteiger partial charge < -0.3 is 13.9 Å². The number of rotatable bonds is 7. The molecule has 188 valence electrons. The molecule has 1 fully saturated rings. The molecule has 6 rings (SSSR count). The summed E-state index contributed by atoms with van der Waals surface area (Å²) in [5.41, 5.74) is 5.73. The Hall–Kier alpha value is -4.71. The fraction of sp³-hybridized carbons (Fsp3) is 0.156. The number of anilines is 1. The molecule has 1 amide bonds. The summed E-state index contributed by atoms with van der Waals surface area (Å²) in [7, 11) is 0. The zero-order valence-electron chi connectivity index (χ0n) is 20.9. The number of pyridine rings is 1. The van der Waals surface area contributed by atoms with E-state index in [0.29, 0.717) is 17.0 Å². The second-order valence-corrected chi connectivity index (χ2v) is 9.69. The van der Waals surface area contributed by atoms with E-state index in [4.69, 9.17) is 9.15 Å². The van der Waals surface area contributed by atoms with Crippen LogP contribution in [-0.4, -0.2) is 17.4 Å². The van der Waals surface area contributed by atoms with Gasteiger partial charge in [-0.05, 0) is 48.1 Å². The smallest absolute Gasteiger partial charge is 0.412 e. The Kier molecular flexibility index (Phi) is 6.00. The maximum Gasteiger partial charge on any atom is 0.412 e. The Morgan fingerprint density at radius 3 is 2.26 bits per heavy atom. The third kappa shape index (κ3) is 4.45. The van der Waals surface area contributed by atoms with E-state index in [0.717, 1.165) is 52.3 Å². The monoisotopic (exact) mass is 502 g/mol. The minimum Gasteiger partial charge on any atom is -0.452 e. The lowest BCUT2D eigenvalue weighted by Gasteiger charge is -2.14. The van der Waals surface area contributed by atoms with Gasteiger partial charge in [0.1, 0.15) is 12.4 Å². The van der Waals surface area contributed by atoms with Crippen molar-refractivity contribution in [3.63, 3.8) is 0 Å². The molecule has 1 aliphatic carbocycles.